The number of aryl methyl sites for hydroxylation is 1. The van der Waals surface area contributed by atoms with Crippen molar-refractivity contribution >= 4 is 0 Å². The SMILES string of the molecule is Cc1ccc(-c2oc(=O)oc2CN)cc1. The zero-order chi connectivity index (χ0) is 10.8. The van der Waals surface area contributed by atoms with Gasteiger partial charge in [0.15, 0.2) is 11.5 Å². The molecule has 2 aromatic rings. The van der Waals surface area contributed by atoms with Crippen LogP contribution < -0.4 is 11.6 Å². The quantitative estimate of drug-likeness (QED) is 0.809. The van der Waals surface area contributed by atoms with E-state index in [1.807, 2.05) is 31.2 Å². The normalized spacial score (nSPS) is 10.5. The molecule has 0 aliphatic carbocycles. The lowest BCUT2D eigenvalue weighted by Crippen LogP contribution is -1.96. The largest absolute Gasteiger partial charge is 0.519 e. The Morgan fingerprint density at radius 2 is 1.87 bits per heavy atom. The molecule has 0 fully saturated rings. The molecule has 0 unspecified atom stereocenters. The van der Waals surface area contributed by atoms with Crippen molar-refractivity contribution < 1.29 is 8.83 Å². The summed E-state index contributed by atoms with van der Waals surface area (Å²) in [6.45, 7) is 2.13. The van der Waals surface area contributed by atoms with Crippen molar-refractivity contribution in [3.05, 3.63) is 46.2 Å². The molecule has 4 heteroatoms. The first-order valence-corrected chi connectivity index (χ1v) is 4.60. The molecule has 2 N–H and O–H groups in total. The van der Waals surface area contributed by atoms with E-state index in [0.29, 0.717) is 11.5 Å². The van der Waals surface area contributed by atoms with E-state index in [9.17, 15) is 4.79 Å². The van der Waals surface area contributed by atoms with Crippen LogP contribution in [0, 0.1) is 6.92 Å². The molecule has 0 aliphatic rings. The predicted octanol–water partition coefficient (Wildman–Crippen LogP) is 1.67. The van der Waals surface area contributed by atoms with Crippen molar-refractivity contribution in [1.82, 2.24) is 0 Å². The standard InChI is InChI=1S/C11H11NO3/c1-7-2-4-8(5-3-7)10-9(6-12)14-11(13)15-10/h2-5H,6,12H2,1H3. The van der Waals surface area contributed by atoms with Crippen molar-refractivity contribution in [2.75, 3.05) is 0 Å². The summed E-state index contributed by atoms with van der Waals surface area (Å²) >= 11 is 0. The van der Waals surface area contributed by atoms with E-state index >= 15 is 0 Å². The summed E-state index contributed by atoms with van der Waals surface area (Å²) in [6, 6.07) is 7.59. The molecule has 0 spiro atoms. The zero-order valence-electron chi connectivity index (χ0n) is 8.32. The molecule has 0 saturated carbocycles. The minimum atomic E-state index is -0.717. The maximum absolute atomic E-state index is 10.9. The first kappa shape index (κ1) is 9.73. The minimum absolute atomic E-state index is 0.148. The molecule has 1 heterocycles. The van der Waals surface area contributed by atoms with Gasteiger partial charge in [0.05, 0.1) is 6.54 Å². The van der Waals surface area contributed by atoms with Gasteiger partial charge in [-0.3, -0.25) is 0 Å². The van der Waals surface area contributed by atoms with Crippen LogP contribution in [0.3, 0.4) is 0 Å². The molecule has 4 nitrogen and oxygen atoms in total. The topological polar surface area (TPSA) is 69.4 Å². The van der Waals surface area contributed by atoms with Crippen LogP contribution in [0.15, 0.2) is 37.9 Å². The molecule has 0 radical (unpaired) electrons. The first-order valence-electron chi connectivity index (χ1n) is 4.60. The van der Waals surface area contributed by atoms with E-state index < -0.39 is 5.82 Å². The highest BCUT2D eigenvalue weighted by Gasteiger charge is 2.12. The first-order chi connectivity index (χ1) is 7.20. The second-order valence-electron chi connectivity index (χ2n) is 3.28. The second-order valence-corrected chi connectivity index (χ2v) is 3.28. The Morgan fingerprint density at radius 1 is 1.20 bits per heavy atom. The number of hydrogen-bond donors (Lipinski definition) is 1. The van der Waals surface area contributed by atoms with Gasteiger partial charge < -0.3 is 14.6 Å². The van der Waals surface area contributed by atoms with Crippen LogP contribution in [0.5, 0.6) is 0 Å². The molecule has 0 amide bonds. The van der Waals surface area contributed by atoms with Gasteiger partial charge in [0.2, 0.25) is 0 Å². The summed E-state index contributed by atoms with van der Waals surface area (Å²) in [4.78, 5) is 10.9. The van der Waals surface area contributed by atoms with Crippen LogP contribution >= 0.6 is 0 Å². The Balaban J connectivity index is 2.53. The average Bonchev–Trinajstić information content (AvgIpc) is 2.61. The third-order valence-corrected chi connectivity index (χ3v) is 2.14. The summed E-state index contributed by atoms with van der Waals surface area (Å²) in [5, 5.41) is 0. The third-order valence-electron chi connectivity index (χ3n) is 2.14. The van der Waals surface area contributed by atoms with Gasteiger partial charge in [-0.15, -0.1) is 0 Å². The van der Waals surface area contributed by atoms with Crippen molar-refractivity contribution in [1.29, 1.82) is 0 Å². The molecular formula is C11H11NO3. The minimum Gasteiger partial charge on any atom is -0.394 e. The molecule has 0 atom stereocenters. The number of rotatable bonds is 2. The number of hydrogen-bond acceptors (Lipinski definition) is 4. The smallest absolute Gasteiger partial charge is 0.394 e. The van der Waals surface area contributed by atoms with Crippen LogP contribution in [-0.4, -0.2) is 0 Å². The molecule has 15 heavy (non-hydrogen) atoms. The molecule has 78 valence electrons. The zero-order valence-corrected chi connectivity index (χ0v) is 8.32. The number of benzene rings is 1. The number of nitrogens with two attached hydrogens (primary N) is 1. The van der Waals surface area contributed by atoms with E-state index in [1.165, 1.54) is 0 Å². The van der Waals surface area contributed by atoms with E-state index in [4.69, 9.17) is 14.6 Å². The van der Waals surface area contributed by atoms with Gasteiger partial charge in [-0.25, -0.2) is 4.79 Å². The van der Waals surface area contributed by atoms with Gasteiger partial charge >= 0.3 is 5.82 Å². The summed E-state index contributed by atoms with van der Waals surface area (Å²) in [5.41, 5.74) is 7.37. The van der Waals surface area contributed by atoms with Crippen molar-refractivity contribution in [3.8, 4) is 11.3 Å². The van der Waals surface area contributed by atoms with Crippen molar-refractivity contribution in [2.45, 2.75) is 13.5 Å². The van der Waals surface area contributed by atoms with Crippen LogP contribution in [-0.2, 0) is 6.54 Å². The lowest BCUT2D eigenvalue weighted by atomic mass is 10.1. The molecule has 0 aliphatic heterocycles. The average molecular weight is 205 g/mol. The summed E-state index contributed by atoms with van der Waals surface area (Å²) in [6.07, 6.45) is 0. The summed E-state index contributed by atoms with van der Waals surface area (Å²) in [7, 11) is 0. The van der Waals surface area contributed by atoms with Crippen LogP contribution in [0.25, 0.3) is 11.3 Å². The third kappa shape index (κ3) is 1.85. The molecule has 1 aromatic carbocycles. The van der Waals surface area contributed by atoms with Gasteiger partial charge in [-0.2, -0.15) is 0 Å². The maximum atomic E-state index is 10.9. The molecule has 1 aromatic heterocycles. The van der Waals surface area contributed by atoms with Crippen molar-refractivity contribution in [2.24, 2.45) is 5.73 Å². The Hall–Kier alpha value is -1.81. The van der Waals surface area contributed by atoms with Crippen molar-refractivity contribution in [3.63, 3.8) is 0 Å². The molecule has 0 bridgehead atoms. The van der Waals surface area contributed by atoms with Crippen LogP contribution in [0.2, 0.25) is 0 Å². The fourth-order valence-corrected chi connectivity index (χ4v) is 1.37. The summed E-state index contributed by atoms with van der Waals surface area (Å²) < 4.78 is 9.73. The van der Waals surface area contributed by atoms with Gasteiger partial charge in [-0.05, 0) is 6.92 Å². The van der Waals surface area contributed by atoms with Gasteiger partial charge in [0.25, 0.3) is 0 Å². The lowest BCUT2D eigenvalue weighted by molar-refractivity contribution is 0.376. The van der Waals surface area contributed by atoms with E-state index in [1.54, 1.807) is 0 Å². The highest BCUT2D eigenvalue weighted by atomic mass is 16.6. The molecule has 0 saturated heterocycles. The fraction of sp³-hybridized carbons (Fsp3) is 0.182. The van der Waals surface area contributed by atoms with Gasteiger partial charge in [0, 0.05) is 5.56 Å². The Bertz CT molecular complexity index is 507. The summed E-state index contributed by atoms with van der Waals surface area (Å²) in [5.74, 6) is 0.0809. The van der Waals surface area contributed by atoms with Crippen LogP contribution in [0.4, 0.5) is 0 Å². The van der Waals surface area contributed by atoms with E-state index in [-0.39, 0.29) is 6.54 Å². The Labute approximate surface area is 86.3 Å². The Morgan fingerprint density at radius 3 is 2.47 bits per heavy atom. The maximum Gasteiger partial charge on any atom is 0.519 e. The van der Waals surface area contributed by atoms with E-state index in [2.05, 4.69) is 0 Å². The molecular weight excluding hydrogens is 194 g/mol. The highest BCUT2D eigenvalue weighted by Crippen LogP contribution is 2.22. The molecule has 2 rings (SSSR count). The highest BCUT2D eigenvalue weighted by molar-refractivity contribution is 5.59. The van der Waals surface area contributed by atoms with E-state index in [0.717, 1.165) is 11.1 Å². The monoisotopic (exact) mass is 205 g/mol. The lowest BCUT2D eigenvalue weighted by Gasteiger charge is -1.98. The van der Waals surface area contributed by atoms with Crippen LogP contribution in [0.1, 0.15) is 11.3 Å². The fourth-order valence-electron chi connectivity index (χ4n) is 1.37. The van der Waals surface area contributed by atoms with Gasteiger partial charge in [0.1, 0.15) is 0 Å². The Kier molecular flexibility index (Phi) is 2.43. The second kappa shape index (κ2) is 3.74. The predicted molar refractivity (Wildman–Crippen MR) is 55.3 cm³/mol. The van der Waals surface area contributed by atoms with Gasteiger partial charge in [-0.1, -0.05) is 29.8 Å².